The molecule has 0 aliphatic carbocycles. The van der Waals surface area contributed by atoms with E-state index in [2.05, 4.69) is 5.32 Å². The van der Waals surface area contributed by atoms with Crippen molar-refractivity contribution in [2.45, 2.75) is 12.5 Å². The molecule has 2 aromatic rings. The number of anilines is 1. The van der Waals surface area contributed by atoms with Crippen LogP contribution in [0.4, 0.5) is 10.5 Å². The Morgan fingerprint density at radius 1 is 1.05 bits per heavy atom. The van der Waals surface area contributed by atoms with Gasteiger partial charge < -0.3 is 26.1 Å². The van der Waals surface area contributed by atoms with E-state index in [4.69, 9.17) is 10.8 Å². The molecule has 0 heterocycles. The van der Waals surface area contributed by atoms with Crippen LogP contribution in [-0.4, -0.2) is 23.2 Å². The van der Waals surface area contributed by atoms with Gasteiger partial charge >= 0.3 is 5.97 Å². The highest BCUT2D eigenvalue weighted by atomic mass is 16.4. The molecule has 116 valence electrons. The van der Waals surface area contributed by atoms with E-state index in [-0.39, 0.29) is 0 Å². The summed E-state index contributed by atoms with van der Waals surface area (Å²) in [5.74, 6) is -0.959. The van der Waals surface area contributed by atoms with Crippen LogP contribution in [0, 0.1) is 0 Å². The number of carbonyl (C=O) groups is 2. The Morgan fingerprint density at radius 3 is 2.00 bits per heavy atom. The zero-order valence-electron chi connectivity index (χ0n) is 11.8. The first-order valence-corrected chi connectivity index (χ1v) is 6.54. The maximum absolute atomic E-state index is 10.4. The van der Waals surface area contributed by atoms with Gasteiger partial charge in [0.2, 0.25) is 0 Å². The Balaban J connectivity index is 0.000000224. The molecule has 0 aliphatic rings. The number of carbonyl (C=O) groups excluding carboxylic acids is 1. The number of benzene rings is 2. The van der Waals surface area contributed by atoms with Crippen LogP contribution in [-0.2, 0) is 11.2 Å². The minimum Gasteiger partial charge on any atom is -0.530 e. The molecule has 0 saturated carbocycles. The second-order valence-corrected chi connectivity index (χ2v) is 4.41. The van der Waals surface area contributed by atoms with E-state index < -0.39 is 18.1 Å². The van der Waals surface area contributed by atoms with Crippen LogP contribution in [0.25, 0.3) is 0 Å². The molecule has 22 heavy (non-hydrogen) atoms. The summed E-state index contributed by atoms with van der Waals surface area (Å²) in [6, 6.07) is 17.1. The highest BCUT2D eigenvalue weighted by molar-refractivity contribution is 5.80. The number of aliphatic carboxylic acids is 1. The van der Waals surface area contributed by atoms with Gasteiger partial charge in [-0.25, -0.2) is 0 Å². The number of rotatable bonds is 4. The van der Waals surface area contributed by atoms with Crippen molar-refractivity contribution in [2.24, 2.45) is 5.73 Å². The van der Waals surface area contributed by atoms with Crippen LogP contribution < -0.4 is 16.2 Å². The second kappa shape index (κ2) is 9.15. The predicted molar refractivity (Wildman–Crippen MR) is 81.2 cm³/mol. The van der Waals surface area contributed by atoms with Crippen molar-refractivity contribution in [2.75, 3.05) is 5.32 Å². The summed E-state index contributed by atoms with van der Waals surface area (Å²) in [5, 5.41) is 20.6. The van der Waals surface area contributed by atoms with Crippen molar-refractivity contribution in [1.82, 2.24) is 0 Å². The summed E-state index contributed by atoms with van der Waals surface area (Å²) >= 11 is 0. The number of nitrogens with one attached hydrogen (secondary N) is 1. The van der Waals surface area contributed by atoms with E-state index in [1.807, 2.05) is 30.3 Å². The summed E-state index contributed by atoms with van der Waals surface area (Å²) in [6.07, 6.45) is -0.901. The van der Waals surface area contributed by atoms with E-state index >= 15 is 0 Å². The number of amides is 1. The normalized spacial score (nSPS) is 10.8. The number of nitrogens with two attached hydrogens (primary N) is 1. The molecule has 1 amide bonds. The average molecular weight is 301 g/mol. The molecule has 0 bridgehead atoms. The molecule has 0 aliphatic heterocycles. The Kier molecular flexibility index (Phi) is 7.15. The van der Waals surface area contributed by atoms with Crippen molar-refractivity contribution < 1.29 is 19.8 Å². The summed E-state index contributed by atoms with van der Waals surface area (Å²) in [7, 11) is 0. The van der Waals surface area contributed by atoms with Gasteiger partial charge in [0.1, 0.15) is 12.1 Å². The molecule has 0 fully saturated rings. The SMILES string of the molecule is NC(Cc1ccccc1)C(=O)O.O=C([O-])Nc1ccccc1. The molecule has 1 atom stereocenters. The second-order valence-electron chi connectivity index (χ2n) is 4.41. The van der Waals surface area contributed by atoms with E-state index in [1.165, 1.54) is 0 Å². The maximum atomic E-state index is 10.4. The van der Waals surface area contributed by atoms with Crippen LogP contribution in [0.15, 0.2) is 60.7 Å². The first-order chi connectivity index (χ1) is 10.5. The van der Waals surface area contributed by atoms with Crippen molar-refractivity contribution in [3.8, 4) is 0 Å². The quantitative estimate of drug-likeness (QED) is 0.781. The maximum Gasteiger partial charge on any atom is 0.320 e. The fraction of sp³-hybridized carbons (Fsp3) is 0.125. The predicted octanol–water partition coefficient (Wildman–Crippen LogP) is 1.08. The van der Waals surface area contributed by atoms with Crippen molar-refractivity contribution in [3.05, 3.63) is 66.2 Å². The molecule has 0 saturated heterocycles. The van der Waals surface area contributed by atoms with E-state index in [0.29, 0.717) is 12.1 Å². The van der Waals surface area contributed by atoms with Crippen LogP contribution in [0.5, 0.6) is 0 Å². The topological polar surface area (TPSA) is 115 Å². The smallest absolute Gasteiger partial charge is 0.320 e. The summed E-state index contributed by atoms with van der Waals surface area (Å²) in [6.45, 7) is 0. The lowest BCUT2D eigenvalue weighted by Gasteiger charge is -2.04. The lowest BCUT2D eigenvalue weighted by molar-refractivity contribution is -0.242. The van der Waals surface area contributed by atoms with Gasteiger partial charge in [0.25, 0.3) is 0 Å². The fourth-order valence-electron chi connectivity index (χ4n) is 1.59. The Hall–Kier alpha value is -2.86. The largest absolute Gasteiger partial charge is 0.530 e. The number of carboxylic acid groups (broad SMARTS) is 2. The monoisotopic (exact) mass is 301 g/mol. The van der Waals surface area contributed by atoms with Crippen LogP contribution in [0.2, 0.25) is 0 Å². The van der Waals surface area contributed by atoms with Gasteiger partial charge in [-0.2, -0.15) is 0 Å². The third kappa shape index (κ3) is 7.06. The van der Waals surface area contributed by atoms with Gasteiger partial charge in [0, 0.05) is 5.69 Å². The van der Waals surface area contributed by atoms with Crippen molar-refractivity contribution in [1.29, 1.82) is 0 Å². The number of carboxylic acids is 1. The number of para-hydroxylation sites is 1. The molecule has 2 rings (SSSR count). The van der Waals surface area contributed by atoms with E-state index in [1.54, 1.807) is 30.3 Å². The van der Waals surface area contributed by atoms with Crippen LogP contribution in [0.3, 0.4) is 0 Å². The molecule has 1 unspecified atom stereocenters. The number of hydrogen-bond acceptors (Lipinski definition) is 4. The first kappa shape index (κ1) is 17.2. The molecular formula is C16H17N2O4-. The van der Waals surface area contributed by atoms with Crippen LogP contribution >= 0.6 is 0 Å². The zero-order valence-corrected chi connectivity index (χ0v) is 11.8. The highest BCUT2D eigenvalue weighted by Crippen LogP contribution is 2.03. The third-order valence-corrected chi connectivity index (χ3v) is 2.64. The first-order valence-electron chi connectivity index (χ1n) is 6.54. The Morgan fingerprint density at radius 2 is 1.55 bits per heavy atom. The highest BCUT2D eigenvalue weighted by Gasteiger charge is 2.10. The van der Waals surface area contributed by atoms with Gasteiger partial charge in [-0.05, 0) is 24.1 Å². The fourth-order valence-corrected chi connectivity index (χ4v) is 1.59. The molecule has 6 heteroatoms. The third-order valence-electron chi connectivity index (χ3n) is 2.64. The molecule has 2 aromatic carbocycles. The van der Waals surface area contributed by atoms with E-state index in [0.717, 1.165) is 5.56 Å². The van der Waals surface area contributed by atoms with Gasteiger partial charge in [-0.3, -0.25) is 4.79 Å². The van der Waals surface area contributed by atoms with Gasteiger partial charge in [0.05, 0.1) is 0 Å². The minimum atomic E-state index is -1.29. The minimum absolute atomic E-state index is 0.385. The summed E-state index contributed by atoms with van der Waals surface area (Å²) in [4.78, 5) is 20.3. The molecular weight excluding hydrogens is 284 g/mol. The van der Waals surface area contributed by atoms with E-state index in [9.17, 15) is 14.7 Å². The molecule has 6 nitrogen and oxygen atoms in total. The zero-order chi connectivity index (χ0) is 16.4. The molecule has 0 aromatic heterocycles. The lowest BCUT2D eigenvalue weighted by Crippen LogP contribution is -2.32. The van der Waals surface area contributed by atoms with Gasteiger partial charge in [-0.1, -0.05) is 48.5 Å². The van der Waals surface area contributed by atoms with Gasteiger partial charge in [-0.15, -0.1) is 0 Å². The molecule has 4 N–H and O–H groups in total. The van der Waals surface area contributed by atoms with Gasteiger partial charge in [0.15, 0.2) is 0 Å². The summed E-state index contributed by atoms with van der Waals surface area (Å²) < 4.78 is 0. The Labute approximate surface area is 128 Å². The Bertz CT molecular complexity index is 588. The number of hydrogen-bond donors (Lipinski definition) is 3. The van der Waals surface area contributed by atoms with Crippen LogP contribution in [0.1, 0.15) is 5.56 Å². The lowest BCUT2D eigenvalue weighted by atomic mass is 10.1. The average Bonchev–Trinajstić information content (AvgIpc) is 2.49. The van der Waals surface area contributed by atoms with Crippen molar-refractivity contribution >= 4 is 17.7 Å². The van der Waals surface area contributed by atoms with Crippen molar-refractivity contribution in [3.63, 3.8) is 0 Å². The molecule has 0 spiro atoms. The summed E-state index contributed by atoms with van der Waals surface area (Å²) in [5.41, 5.74) is 6.83. The standard InChI is InChI=1S/C9H11NO2.C7H7NO2/c10-8(9(11)12)6-7-4-2-1-3-5-7;9-7(10)8-6-4-2-1-3-5-6/h1-5,8H,6,10H2,(H,11,12);1-5,8H,(H,9,10)/p-1. The molecule has 0 radical (unpaired) electrons.